The van der Waals surface area contributed by atoms with E-state index in [1.54, 1.807) is 36.8 Å². The Balaban J connectivity index is 0.000000138. The first kappa shape index (κ1) is 65.4. The molecule has 14 rings (SSSR count). The molecule has 3 aromatic carbocycles. The molecule has 6 N–H and O–H groups in total. The number of nitrogens with one attached hydrogen (secondary N) is 6. The van der Waals surface area contributed by atoms with Crippen molar-refractivity contribution in [3.05, 3.63) is 182 Å². The minimum Gasteiger partial charge on any atom is -0.351 e. The average Bonchev–Trinajstić information content (AvgIpc) is 1.32. The minimum atomic E-state index is -0.525. The predicted octanol–water partition coefficient (Wildman–Crippen LogP) is 11.8. The molecule has 2 atom stereocenters. The van der Waals surface area contributed by atoms with Crippen LogP contribution in [-0.2, 0) is 69.3 Å². The van der Waals surface area contributed by atoms with E-state index < -0.39 is 11.7 Å². The van der Waals surface area contributed by atoms with Gasteiger partial charge in [-0.3, -0.25) is 28.8 Å². The largest absolute Gasteiger partial charge is 0.351 e. The average molecular weight is 1300 g/mol. The predicted molar refractivity (Wildman–Crippen MR) is 354 cm³/mol. The van der Waals surface area contributed by atoms with E-state index in [1.807, 2.05) is 87.4 Å². The second-order valence-electron chi connectivity index (χ2n) is 27.9. The zero-order valence-corrected chi connectivity index (χ0v) is 55.2. The van der Waals surface area contributed by atoms with Crippen LogP contribution in [0.4, 0.5) is 21.8 Å². The monoisotopic (exact) mass is 1300 g/mol. The first-order chi connectivity index (χ1) is 45.7. The number of benzene rings is 3. The van der Waals surface area contributed by atoms with Crippen LogP contribution in [0.5, 0.6) is 0 Å². The van der Waals surface area contributed by atoms with Crippen molar-refractivity contribution < 1.29 is 46.7 Å². The summed E-state index contributed by atoms with van der Waals surface area (Å²) in [6, 6.07) is 22.9. The summed E-state index contributed by atoms with van der Waals surface area (Å²) in [5.74, 6) is 1.01. The number of rotatable bonds is 10. The van der Waals surface area contributed by atoms with Crippen molar-refractivity contribution in [2.45, 2.75) is 168 Å². The summed E-state index contributed by atoms with van der Waals surface area (Å²) in [5, 5.41) is 29.1. The molecule has 2 unspecified atom stereocenters. The summed E-state index contributed by atoms with van der Waals surface area (Å²) in [4.78, 5) is 94.6. The quantitative estimate of drug-likeness (QED) is 0.0693. The van der Waals surface area contributed by atoms with E-state index in [-0.39, 0.29) is 88.4 Å². The van der Waals surface area contributed by atoms with Gasteiger partial charge in [-0.05, 0) is 137 Å². The summed E-state index contributed by atoms with van der Waals surface area (Å²) in [6.45, 7) is 19.7. The van der Waals surface area contributed by atoms with Crippen LogP contribution >= 0.6 is 0 Å². The van der Waals surface area contributed by atoms with Gasteiger partial charge in [0.1, 0.15) is 23.3 Å². The Labute approximate surface area is 553 Å². The van der Waals surface area contributed by atoms with Gasteiger partial charge in [-0.2, -0.15) is 9.97 Å². The number of hydrogen-bond donors (Lipinski definition) is 6. The molecule has 96 heavy (non-hydrogen) atoms. The standard InChI is InChI=1S/C26H28N4O3.C24H25N5O3.C22H22FN5O3/c1-26(2,3)22-14-21(33-30-22)25(32)28-20-7-5-4-6-15-12-16(8-9-18(15)20)17-10-11-27-24-19(17)13-23(31)29-24;1-24(2,3)23-28-22(32-29-23)21(31)26-18-6-4-5-13-11-14(7-8-16(13)18)15-9-10-25-20-17(15)12-19(30)27-20;1-11-7-14(13-5-6-24-18-15(13)9-17(29)26-18)16(23)8-12(11)10-25-19(30)20-27-21(28-31-20)22(2,3)4/h8-12,14,20H,4-7,13H2,1-3H3,(H,28,32)(H,27,29,31);7-11,18H,4-6,12H2,1-3H3,(H,26,31)(H,25,27,30);5-8H,9-10H2,1-4H3,(H,25,30)(H,24,26,29). The van der Waals surface area contributed by atoms with Crippen LogP contribution in [0.3, 0.4) is 0 Å². The molecular formula is C72H75FN14O9. The minimum absolute atomic E-state index is 0.0109. The zero-order chi connectivity index (χ0) is 68.0. The molecule has 0 spiro atoms. The molecule has 0 radical (unpaired) electrons. The van der Waals surface area contributed by atoms with Crippen molar-refractivity contribution in [3.8, 4) is 33.4 Å². The van der Waals surface area contributed by atoms with Crippen molar-refractivity contribution in [2.24, 2.45) is 0 Å². The molecule has 6 aromatic heterocycles. The van der Waals surface area contributed by atoms with E-state index in [0.717, 1.165) is 101 Å². The second-order valence-corrected chi connectivity index (χ2v) is 27.9. The Morgan fingerprint density at radius 2 is 1.01 bits per heavy atom. The van der Waals surface area contributed by atoms with Crippen molar-refractivity contribution in [2.75, 3.05) is 16.0 Å². The lowest BCUT2D eigenvalue weighted by Crippen LogP contribution is -2.31. The topological polar surface area (TPSA) is 317 Å². The summed E-state index contributed by atoms with van der Waals surface area (Å²) in [6.07, 6.45) is 12.5. The van der Waals surface area contributed by atoms with Crippen molar-refractivity contribution >= 4 is 52.9 Å². The van der Waals surface area contributed by atoms with Crippen LogP contribution in [0.25, 0.3) is 33.4 Å². The number of halogens is 1. The van der Waals surface area contributed by atoms with E-state index in [0.29, 0.717) is 64.2 Å². The molecule has 2 aliphatic carbocycles. The van der Waals surface area contributed by atoms with Crippen LogP contribution in [-0.4, -0.2) is 75.8 Å². The van der Waals surface area contributed by atoms with Crippen molar-refractivity contribution in [1.29, 1.82) is 0 Å². The third-order valence-corrected chi connectivity index (χ3v) is 17.6. The third kappa shape index (κ3) is 14.1. The lowest BCUT2D eigenvalue weighted by atomic mass is 9.85. The van der Waals surface area contributed by atoms with Crippen LogP contribution in [0, 0.1) is 12.7 Å². The molecule has 3 aliphatic heterocycles. The second kappa shape index (κ2) is 26.3. The number of carbonyl (C=O) groups excluding carboxylic acids is 6. The molecule has 0 saturated carbocycles. The molecule has 9 heterocycles. The number of nitrogens with zero attached hydrogens (tertiary/aromatic N) is 8. The lowest BCUT2D eigenvalue weighted by molar-refractivity contribution is -0.115. The number of fused-ring (bicyclic) bond motifs is 5. The molecule has 0 saturated heterocycles. The van der Waals surface area contributed by atoms with Crippen LogP contribution in [0.15, 0.2) is 105 Å². The Morgan fingerprint density at radius 1 is 0.531 bits per heavy atom. The molecule has 0 bridgehead atoms. The number of carbonyl (C=O) groups is 6. The molecule has 494 valence electrons. The molecule has 6 amide bonds. The summed E-state index contributed by atoms with van der Waals surface area (Å²) in [7, 11) is 0. The lowest BCUT2D eigenvalue weighted by Gasteiger charge is -2.26. The maximum atomic E-state index is 15.0. The van der Waals surface area contributed by atoms with Gasteiger partial charge in [-0.25, -0.2) is 19.3 Å². The highest BCUT2D eigenvalue weighted by atomic mass is 19.1. The molecule has 23 nitrogen and oxygen atoms in total. The van der Waals surface area contributed by atoms with Gasteiger partial charge in [-0.1, -0.05) is 121 Å². The van der Waals surface area contributed by atoms with E-state index in [2.05, 4.69) is 103 Å². The summed E-state index contributed by atoms with van der Waals surface area (Å²) >= 11 is 0. The number of anilines is 3. The smallest absolute Gasteiger partial charge is 0.315 e. The Hall–Kier alpha value is -10.7. The molecular weight excluding hydrogens is 1220 g/mol. The van der Waals surface area contributed by atoms with E-state index in [1.165, 1.54) is 17.2 Å². The highest BCUT2D eigenvalue weighted by molar-refractivity contribution is 6.02. The summed E-state index contributed by atoms with van der Waals surface area (Å²) in [5.41, 5.74) is 13.8. The highest BCUT2D eigenvalue weighted by Crippen LogP contribution is 2.40. The molecule has 9 aromatic rings. The van der Waals surface area contributed by atoms with Crippen molar-refractivity contribution in [1.82, 2.24) is 56.3 Å². The number of aryl methyl sites for hydroxylation is 3. The fourth-order valence-electron chi connectivity index (χ4n) is 12.4. The highest BCUT2D eigenvalue weighted by Gasteiger charge is 2.32. The Bertz CT molecular complexity index is 4570. The van der Waals surface area contributed by atoms with Gasteiger partial charge in [0.05, 0.1) is 37.0 Å². The number of aromatic nitrogens is 8. The van der Waals surface area contributed by atoms with Gasteiger partial charge in [0.2, 0.25) is 23.5 Å². The first-order valence-corrected chi connectivity index (χ1v) is 32.2. The van der Waals surface area contributed by atoms with Gasteiger partial charge < -0.3 is 45.5 Å². The van der Waals surface area contributed by atoms with Gasteiger partial charge in [-0.15, -0.1) is 0 Å². The normalized spacial score (nSPS) is 16.1. The van der Waals surface area contributed by atoms with Crippen molar-refractivity contribution in [3.63, 3.8) is 0 Å². The van der Waals surface area contributed by atoms with Crippen LogP contribution < -0.4 is 31.9 Å². The number of amides is 6. The summed E-state index contributed by atoms with van der Waals surface area (Å²) < 4.78 is 30.6. The maximum absolute atomic E-state index is 15.0. The number of hydrogen-bond acceptors (Lipinski definition) is 17. The van der Waals surface area contributed by atoms with Crippen LogP contribution in [0.2, 0.25) is 0 Å². The maximum Gasteiger partial charge on any atom is 0.315 e. The fourth-order valence-corrected chi connectivity index (χ4v) is 12.4. The SMILES string of the molecule is CC(C)(C)c1cc(C(=O)NC2CCCCc3cc(-c4ccnc5c4CC(=O)N5)ccc32)on1.CC(C)(C)c1noc(C(=O)NC2CCCc3cc(-c4ccnc5c4CC(=O)N5)ccc32)n1.Cc1cc(-c2ccnc3c2CC(=O)N3)c(F)cc1CNC(=O)c1nc(C(C)(C)C)no1. The zero-order valence-electron chi connectivity index (χ0n) is 55.2. The number of pyridine rings is 3. The van der Waals surface area contributed by atoms with E-state index in [4.69, 9.17) is 13.6 Å². The Kier molecular flexibility index (Phi) is 17.9. The molecule has 0 fully saturated rings. The fraction of sp³-hybridized carbons (Fsp3) is 0.361. The third-order valence-electron chi connectivity index (χ3n) is 17.6. The molecule has 5 aliphatic rings. The van der Waals surface area contributed by atoms with E-state index in [9.17, 15) is 33.2 Å². The van der Waals surface area contributed by atoms with Gasteiger partial charge >= 0.3 is 23.6 Å². The Morgan fingerprint density at radius 3 is 1.51 bits per heavy atom. The van der Waals surface area contributed by atoms with E-state index >= 15 is 0 Å². The van der Waals surface area contributed by atoms with Gasteiger partial charge in [0.15, 0.2) is 11.6 Å². The van der Waals surface area contributed by atoms with Gasteiger partial charge in [0, 0.05) is 69.7 Å². The van der Waals surface area contributed by atoms with Crippen LogP contribution in [0.1, 0.15) is 206 Å². The molecule has 24 heteroatoms. The van der Waals surface area contributed by atoms with Gasteiger partial charge in [0.25, 0.3) is 5.91 Å². The first-order valence-electron chi connectivity index (χ1n) is 32.2.